The lowest BCUT2D eigenvalue weighted by molar-refractivity contribution is -0.140. The lowest BCUT2D eigenvalue weighted by Crippen LogP contribution is -2.50. The van der Waals surface area contributed by atoms with E-state index in [-0.39, 0.29) is 30.3 Å². The highest BCUT2D eigenvalue weighted by Crippen LogP contribution is 2.36. The van der Waals surface area contributed by atoms with Crippen LogP contribution in [-0.2, 0) is 31.7 Å². The molecule has 1 fully saturated rings. The van der Waals surface area contributed by atoms with Gasteiger partial charge in [0, 0.05) is 29.8 Å². The van der Waals surface area contributed by atoms with E-state index in [2.05, 4.69) is 30.9 Å². The number of imide groups is 1. The van der Waals surface area contributed by atoms with Crippen molar-refractivity contribution in [3.8, 4) is 22.5 Å². The lowest BCUT2D eigenvalue weighted by Gasteiger charge is -2.32. The highest BCUT2D eigenvalue weighted by Gasteiger charge is 2.37. The number of carbonyl (C=O) groups is 4. The van der Waals surface area contributed by atoms with Gasteiger partial charge in [-0.2, -0.15) is 13.2 Å². The Labute approximate surface area is 303 Å². The number of carboxylic acid groups (broad SMARTS) is 1. The van der Waals surface area contributed by atoms with E-state index in [0.29, 0.717) is 60.4 Å². The van der Waals surface area contributed by atoms with Gasteiger partial charge >= 0.3 is 12.3 Å². The number of nitrogens with zero attached hydrogens (tertiary/aromatic N) is 5. The van der Waals surface area contributed by atoms with Crippen molar-refractivity contribution in [1.82, 2.24) is 30.9 Å². The van der Waals surface area contributed by atoms with Crippen molar-refractivity contribution in [1.29, 1.82) is 0 Å². The first kappa shape index (κ1) is 40.1. The zero-order chi connectivity index (χ0) is 38.8. The molecule has 2 heterocycles. The average molecular weight is 739 g/mol. The van der Waals surface area contributed by atoms with Crippen LogP contribution in [0.2, 0.25) is 0 Å². The SMILES string of the molecule is CC(C)(C)OC(=O)NC[C@H]1CC[C@H](C(=O)N(C(=O)[C@@H](N)Cc2ccc(-c3cccnc3C(F)(F)F)cc2)c2ccc(-c3nnn[nH]3)cc2)CC1.O=CO. The van der Waals surface area contributed by atoms with Crippen LogP contribution < -0.4 is 16.0 Å². The van der Waals surface area contributed by atoms with Gasteiger partial charge in [0.1, 0.15) is 5.60 Å². The van der Waals surface area contributed by atoms with E-state index in [0.717, 1.165) is 11.1 Å². The minimum Gasteiger partial charge on any atom is -0.483 e. The maximum atomic E-state index is 14.1. The van der Waals surface area contributed by atoms with Crippen LogP contribution in [0.15, 0.2) is 66.9 Å². The Morgan fingerprint density at radius 1 is 1.02 bits per heavy atom. The van der Waals surface area contributed by atoms with Crippen LogP contribution in [-0.4, -0.2) is 73.3 Å². The summed E-state index contributed by atoms with van der Waals surface area (Å²) in [4.78, 5) is 53.2. The molecule has 0 aliphatic heterocycles. The molecule has 1 saturated carbocycles. The molecule has 4 aromatic rings. The Morgan fingerprint density at radius 2 is 1.64 bits per heavy atom. The van der Waals surface area contributed by atoms with Gasteiger partial charge in [-0.3, -0.25) is 19.4 Å². The van der Waals surface area contributed by atoms with Crippen molar-refractivity contribution in [2.45, 2.75) is 70.7 Å². The lowest BCUT2D eigenvalue weighted by atomic mass is 9.81. The Morgan fingerprint density at radius 3 is 2.21 bits per heavy atom. The van der Waals surface area contributed by atoms with Gasteiger partial charge in [0.2, 0.25) is 5.91 Å². The number of nitrogens with one attached hydrogen (secondary N) is 2. The standard InChI is InChI=1S/C35H39F3N8O4.CH2O2/c1-34(2,3)50-33(49)41-20-22-8-12-25(13-9-22)31(47)46(26-16-14-24(15-17-26)30-42-44-45-43-30)32(48)28(39)19-21-6-10-23(11-7-21)27-5-4-18-40-29(27)35(36,37)38;2-1-3/h4-7,10-11,14-18,22,25,28H,8-9,12-13,19-20,39H2,1-3H3,(H,41,49)(H,42,43,44,45);1H,(H,2,3)/t22-,25-,28-;/m0./s1. The van der Waals surface area contributed by atoms with E-state index in [1.807, 2.05) is 0 Å². The maximum absolute atomic E-state index is 14.1. The van der Waals surface area contributed by atoms with Crippen LogP contribution in [0.5, 0.6) is 0 Å². The van der Waals surface area contributed by atoms with Crippen LogP contribution in [0.1, 0.15) is 57.7 Å². The number of H-pyrrole nitrogens is 1. The van der Waals surface area contributed by atoms with Crippen molar-refractivity contribution in [3.63, 3.8) is 0 Å². The number of alkyl carbamates (subject to hydrolysis) is 1. The number of aromatic nitrogens is 5. The average Bonchev–Trinajstić information content (AvgIpc) is 3.66. The minimum atomic E-state index is -4.62. The second-order valence-electron chi connectivity index (χ2n) is 13.4. The topological polar surface area (TPSA) is 206 Å². The fourth-order valence-corrected chi connectivity index (χ4v) is 5.94. The normalized spacial score (nSPS) is 16.4. The summed E-state index contributed by atoms with van der Waals surface area (Å²) in [6.07, 6.45) is -1.65. The van der Waals surface area contributed by atoms with E-state index >= 15 is 0 Å². The van der Waals surface area contributed by atoms with E-state index in [1.165, 1.54) is 24.3 Å². The summed E-state index contributed by atoms with van der Waals surface area (Å²) in [7, 11) is 0. The van der Waals surface area contributed by atoms with Crippen molar-refractivity contribution in [2.75, 3.05) is 11.4 Å². The summed E-state index contributed by atoms with van der Waals surface area (Å²) in [5.74, 6) is -0.899. The molecule has 1 aliphatic carbocycles. The predicted molar refractivity (Wildman–Crippen MR) is 187 cm³/mol. The molecule has 0 unspecified atom stereocenters. The fraction of sp³-hybridized carbons (Fsp3) is 0.389. The second kappa shape index (κ2) is 17.7. The third-order valence-corrected chi connectivity index (χ3v) is 8.43. The Kier molecular flexibility index (Phi) is 13.4. The molecule has 53 heavy (non-hydrogen) atoms. The molecule has 0 saturated heterocycles. The van der Waals surface area contributed by atoms with Gasteiger partial charge in [-0.25, -0.2) is 14.8 Å². The van der Waals surface area contributed by atoms with Gasteiger partial charge in [0.05, 0.1) is 11.7 Å². The molecule has 5 N–H and O–H groups in total. The molecule has 0 spiro atoms. The van der Waals surface area contributed by atoms with Crippen molar-refractivity contribution in [2.24, 2.45) is 17.6 Å². The third-order valence-electron chi connectivity index (χ3n) is 8.43. The van der Waals surface area contributed by atoms with E-state index < -0.39 is 41.4 Å². The number of nitrogens with two attached hydrogens (primary N) is 1. The highest BCUT2D eigenvalue weighted by atomic mass is 19.4. The summed E-state index contributed by atoms with van der Waals surface area (Å²) >= 11 is 0. The van der Waals surface area contributed by atoms with Gasteiger partial charge < -0.3 is 20.9 Å². The van der Waals surface area contributed by atoms with Gasteiger partial charge in [0.25, 0.3) is 12.4 Å². The number of alkyl halides is 3. The van der Waals surface area contributed by atoms with Gasteiger partial charge in [-0.05, 0) is 111 Å². The predicted octanol–water partition coefficient (Wildman–Crippen LogP) is 5.41. The fourth-order valence-electron chi connectivity index (χ4n) is 5.94. The highest BCUT2D eigenvalue weighted by molar-refractivity contribution is 6.17. The zero-order valence-corrected chi connectivity index (χ0v) is 29.3. The van der Waals surface area contributed by atoms with E-state index in [4.69, 9.17) is 20.4 Å². The molecular weight excluding hydrogens is 697 g/mol. The molecule has 14 nitrogen and oxygen atoms in total. The Bertz CT molecular complexity index is 1820. The number of carbonyl (C=O) groups excluding carboxylic acids is 3. The number of benzene rings is 2. The number of anilines is 1. The first-order chi connectivity index (χ1) is 25.1. The molecule has 1 aliphatic rings. The van der Waals surface area contributed by atoms with Gasteiger partial charge in [-0.1, -0.05) is 30.3 Å². The molecule has 282 valence electrons. The van der Waals surface area contributed by atoms with Gasteiger partial charge in [-0.15, -0.1) is 5.10 Å². The number of hydrogen-bond donors (Lipinski definition) is 4. The molecule has 5 rings (SSSR count). The number of ether oxygens (including phenoxy) is 1. The maximum Gasteiger partial charge on any atom is 0.433 e. The Balaban J connectivity index is 0.00000202. The molecule has 3 amide bonds. The summed E-state index contributed by atoms with van der Waals surface area (Å²) in [5, 5.41) is 23.4. The van der Waals surface area contributed by atoms with Crippen LogP contribution >= 0.6 is 0 Å². The molecule has 2 aromatic heterocycles. The number of amides is 3. The molecule has 1 atom stereocenters. The second-order valence-corrected chi connectivity index (χ2v) is 13.4. The van der Waals surface area contributed by atoms with Crippen molar-refractivity contribution < 1.29 is 42.2 Å². The van der Waals surface area contributed by atoms with Crippen LogP contribution in [0.25, 0.3) is 22.5 Å². The summed E-state index contributed by atoms with van der Waals surface area (Å²) in [5.41, 5.74) is 6.65. The molecule has 17 heteroatoms. The van der Waals surface area contributed by atoms with Crippen molar-refractivity contribution >= 4 is 30.1 Å². The first-order valence-corrected chi connectivity index (χ1v) is 16.7. The summed E-state index contributed by atoms with van der Waals surface area (Å²) < 4.78 is 45.9. The van der Waals surface area contributed by atoms with Crippen LogP contribution in [0, 0.1) is 11.8 Å². The van der Waals surface area contributed by atoms with Crippen LogP contribution in [0.3, 0.4) is 0 Å². The van der Waals surface area contributed by atoms with E-state index in [9.17, 15) is 27.6 Å². The first-order valence-electron chi connectivity index (χ1n) is 16.7. The summed E-state index contributed by atoms with van der Waals surface area (Å²) in [6.45, 7) is 5.53. The van der Waals surface area contributed by atoms with Gasteiger partial charge in [0.15, 0.2) is 11.5 Å². The Hall–Kier alpha value is -5.71. The number of pyridine rings is 1. The third kappa shape index (κ3) is 11.1. The largest absolute Gasteiger partial charge is 0.483 e. The number of halogens is 3. The number of hydrogen-bond acceptors (Lipinski definition) is 10. The molecule has 0 radical (unpaired) electrons. The number of rotatable bonds is 9. The number of aromatic amines is 1. The zero-order valence-electron chi connectivity index (χ0n) is 29.3. The van der Waals surface area contributed by atoms with E-state index in [1.54, 1.807) is 57.2 Å². The monoisotopic (exact) mass is 738 g/mol. The molecular formula is C36H41F3N8O6. The number of tetrazole rings is 1. The molecule has 0 bridgehead atoms. The smallest absolute Gasteiger partial charge is 0.433 e. The quantitative estimate of drug-likeness (QED) is 0.160. The minimum absolute atomic E-state index is 0.0347. The van der Waals surface area contributed by atoms with Crippen molar-refractivity contribution in [3.05, 3.63) is 78.1 Å². The van der Waals surface area contributed by atoms with Crippen LogP contribution in [0.4, 0.5) is 23.7 Å². The molecule has 2 aromatic carbocycles. The summed E-state index contributed by atoms with van der Waals surface area (Å²) in [6, 6.07) is 14.5.